The van der Waals surface area contributed by atoms with Crippen LogP contribution in [-0.4, -0.2) is 6.21 Å². The molecule has 0 aliphatic heterocycles. The van der Waals surface area contributed by atoms with Crippen LogP contribution in [0.1, 0.15) is 27.7 Å². The quantitative estimate of drug-likeness (QED) is 0.647. The standard InChI is InChI=1S/C12H15N.C2H6/c1-12(2)8-4-3-6-11(10-12)7-5-9-13;1-2/h3-10,13H,1-2H3;1-2H3/b7-5+,13-9?;. The van der Waals surface area contributed by atoms with E-state index in [9.17, 15) is 0 Å². The molecule has 1 rings (SSSR count). The first-order valence-electron chi connectivity index (χ1n) is 5.40. The second-order valence-electron chi connectivity index (χ2n) is 3.71. The summed E-state index contributed by atoms with van der Waals surface area (Å²) in [5, 5.41) is 6.90. The van der Waals surface area contributed by atoms with Crippen LogP contribution in [0.15, 0.2) is 48.1 Å². The van der Waals surface area contributed by atoms with Gasteiger partial charge in [0.05, 0.1) is 0 Å². The Morgan fingerprint density at radius 2 is 1.87 bits per heavy atom. The minimum atomic E-state index is 0.102. The summed E-state index contributed by atoms with van der Waals surface area (Å²) in [5.74, 6) is 0. The second-order valence-corrected chi connectivity index (χ2v) is 3.71. The van der Waals surface area contributed by atoms with Crippen LogP contribution in [0, 0.1) is 10.8 Å². The predicted molar refractivity (Wildman–Crippen MR) is 69.4 cm³/mol. The highest BCUT2D eigenvalue weighted by Gasteiger charge is 2.10. The summed E-state index contributed by atoms with van der Waals surface area (Å²) in [6, 6.07) is 0. The van der Waals surface area contributed by atoms with Gasteiger partial charge in [-0.1, -0.05) is 64.2 Å². The number of hydrogen-bond acceptors (Lipinski definition) is 1. The molecule has 0 amide bonds. The molecule has 0 saturated heterocycles. The third-order valence-electron chi connectivity index (χ3n) is 1.85. The molecule has 0 aromatic heterocycles. The average Bonchev–Trinajstić information content (AvgIpc) is 2.39. The molecule has 0 atom stereocenters. The normalized spacial score (nSPS) is 17.7. The highest BCUT2D eigenvalue weighted by Crippen LogP contribution is 2.24. The molecule has 0 fully saturated rings. The molecule has 0 spiro atoms. The maximum absolute atomic E-state index is 6.90. The van der Waals surface area contributed by atoms with Crippen molar-refractivity contribution < 1.29 is 0 Å². The first-order valence-corrected chi connectivity index (χ1v) is 5.40. The lowest BCUT2D eigenvalue weighted by molar-refractivity contribution is 0.625. The van der Waals surface area contributed by atoms with Crippen LogP contribution in [0.5, 0.6) is 0 Å². The van der Waals surface area contributed by atoms with Gasteiger partial charge < -0.3 is 5.41 Å². The Balaban J connectivity index is 0.000000921. The molecule has 0 unspecified atom stereocenters. The summed E-state index contributed by atoms with van der Waals surface area (Å²) in [6.45, 7) is 8.32. The molecule has 15 heavy (non-hydrogen) atoms. The monoisotopic (exact) mass is 203 g/mol. The smallest absolute Gasteiger partial charge is 0.0177 e. The van der Waals surface area contributed by atoms with E-state index in [4.69, 9.17) is 5.41 Å². The fourth-order valence-electron chi connectivity index (χ4n) is 1.26. The van der Waals surface area contributed by atoms with Gasteiger partial charge in [-0.3, -0.25) is 0 Å². The molecule has 1 aliphatic rings. The van der Waals surface area contributed by atoms with Crippen molar-refractivity contribution in [2.75, 3.05) is 0 Å². The lowest BCUT2D eigenvalue weighted by Crippen LogP contribution is -2.02. The second kappa shape index (κ2) is 6.99. The van der Waals surface area contributed by atoms with E-state index in [1.807, 2.05) is 32.1 Å². The molecule has 1 aliphatic carbocycles. The largest absolute Gasteiger partial charge is 0.309 e. The van der Waals surface area contributed by atoms with Crippen LogP contribution in [0.4, 0.5) is 0 Å². The fourth-order valence-corrected chi connectivity index (χ4v) is 1.26. The zero-order valence-corrected chi connectivity index (χ0v) is 10.1. The minimum Gasteiger partial charge on any atom is -0.309 e. The van der Waals surface area contributed by atoms with Gasteiger partial charge in [0.1, 0.15) is 0 Å². The Morgan fingerprint density at radius 1 is 1.20 bits per heavy atom. The zero-order chi connectivity index (χ0) is 11.7. The Kier molecular flexibility index (Phi) is 6.35. The Morgan fingerprint density at radius 3 is 2.47 bits per heavy atom. The van der Waals surface area contributed by atoms with Crippen molar-refractivity contribution in [2.24, 2.45) is 5.41 Å². The SMILES string of the molecule is CC.CC1(C)C=CC=CC(/C=C/C=N)=C1. The van der Waals surface area contributed by atoms with Gasteiger partial charge in [0.2, 0.25) is 0 Å². The summed E-state index contributed by atoms with van der Waals surface area (Å²) in [7, 11) is 0. The van der Waals surface area contributed by atoms with Crippen LogP contribution >= 0.6 is 0 Å². The van der Waals surface area contributed by atoms with Gasteiger partial charge in [0.15, 0.2) is 0 Å². The maximum atomic E-state index is 6.90. The minimum absolute atomic E-state index is 0.102. The van der Waals surface area contributed by atoms with Gasteiger partial charge in [0, 0.05) is 11.6 Å². The van der Waals surface area contributed by atoms with Crippen LogP contribution in [0.2, 0.25) is 0 Å². The molecule has 0 aromatic rings. The van der Waals surface area contributed by atoms with Gasteiger partial charge in [-0.15, -0.1) is 0 Å². The fraction of sp³-hybridized carbons (Fsp3) is 0.357. The molecule has 0 radical (unpaired) electrons. The molecular weight excluding hydrogens is 182 g/mol. The van der Waals surface area contributed by atoms with Crippen molar-refractivity contribution in [1.29, 1.82) is 5.41 Å². The van der Waals surface area contributed by atoms with E-state index in [1.165, 1.54) is 6.21 Å². The molecular formula is C14H21N. The van der Waals surface area contributed by atoms with E-state index < -0.39 is 0 Å². The highest BCUT2D eigenvalue weighted by molar-refractivity contribution is 5.69. The lowest BCUT2D eigenvalue weighted by atomic mass is 9.91. The number of nitrogens with one attached hydrogen (secondary N) is 1. The zero-order valence-electron chi connectivity index (χ0n) is 10.1. The topological polar surface area (TPSA) is 23.9 Å². The van der Waals surface area contributed by atoms with E-state index >= 15 is 0 Å². The summed E-state index contributed by atoms with van der Waals surface area (Å²) < 4.78 is 0. The van der Waals surface area contributed by atoms with Crippen molar-refractivity contribution >= 4 is 6.21 Å². The van der Waals surface area contributed by atoms with Crippen LogP contribution in [0.3, 0.4) is 0 Å². The highest BCUT2D eigenvalue weighted by atomic mass is 14.3. The van der Waals surface area contributed by atoms with Gasteiger partial charge >= 0.3 is 0 Å². The van der Waals surface area contributed by atoms with Gasteiger partial charge in [-0.05, 0) is 11.6 Å². The molecule has 0 saturated carbocycles. The predicted octanol–water partition coefficient (Wildman–Crippen LogP) is 4.30. The van der Waals surface area contributed by atoms with Crippen molar-refractivity contribution in [3.63, 3.8) is 0 Å². The van der Waals surface area contributed by atoms with Crippen molar-refractivity contribution in [3.8, 4) is 0 Å². The summed E-state index contributed by atoms with van der Waals surface area (Å²) in [5.41, 5.74) is 1.25. The Bertz CT molecular complexity index is 301. The third-order valence-corrected chi connectivity index (χ3v) is 1.85. The van der Waals surface area contributed by atoms with Crippen molar-refractivity contribution in [3.05, 3.63) is 48.1 Å². The molecule has 0 bridgehead atoms. The summed E-state index contributed by atoms with van der Waals surface area (Å²) in [6.07, 6.45) is 15.4. The summed E-state index contributed by atoms with van der Waals surface area (Å²) >= 11 is 0. The van der Waals surface area contributed by atoms with Crippen molar-refractivity contribution in [1.82, 2.24) is 0 Å². The van der Waals surface area contributed by atoms with E-state index in [0.717, 1.165) is 5.57 Å². The van der Waals surface area contributed by atoms with E-state index in [-0.39, 0.29) is 5.41 Å². The lowest BCUT2D eigenvalue weighted by Gasteiger charge is -2.13. The van der Waals surface area contributed by atoms with E-state index in [1.54, 1.807) is 6.08 Å². The first-order chi connectivity index (χ1) is 7.14. The van der Waals surface area contributed by atoms with Crippen LogP contribution in [0.25, 0.3) is 0 Å². The van der Waals surface area contributed by atoms with Crippen LogP contribution < -0.4 is 0 Å². The molecule has 82 valence electrons. The number of hydrogen-bond donors (Lipinski definition) is 1. The van der Waals surface area contributed by atoms with E-state index in [2.05, 4.69) is 32.1 Å². The Hall–Kier alpha value is -1.37. The molecule has 0 aromatic carbocycles. The van der Waals surface area contributed by atoms with Crippen molar-refractivity contribution in [2.45, 2.75) is 27.7 Å². The molecule has 1 nitrogen and oxygen atoms in total. The number of allylic oxidation sites excluding steroid dienone is 8. The van der Waals surface area contributed by atoms with E-state index in [0.29, 0.717) is 0 Å². The number of rotatable bonds is 2. The molecule has 1 heteroatoms. The van der Waals surface area contributed by atoms with Gasteiger partial charge in [-0.2, -0.15) is 0 Å². The van der Waals surface area contributed by atoms with Crippen LogP contribution in [-0.2, 0) is 0 Å². The molecule has 0 heterocycles. The third kappa shape index (κ3) is 5.84. The molecule has 1 N–H and O–H groups in total. The first kappa shape index (κ1) is 13.6. The average molecular weight is 203 g/mol. The summed E-state index contributed by atoms with van der Waals surface area (Å²) in [4.78, 5) is 0. The van der Waals surface area contributed by atoms with Gasteiger partial charge in [0.25, 0.3) is 0 Å². The maximum Gasteiger partial charge on any atom is 0.0177 e. The Labute approximate surface area is 93.4 Å². The van der Waals surface area contributed by atoms with Gasteiger partial charge in [-0.25, -0.2) is 0 Å².